The van der Waals surface area contributed by atoms with Gasteiger partial charge in [0, 0.05) is 11.7 Å². The Kier molecular flexibility index (Phi) is 8.06. The maximum atomic E-state index is 12.8. The molecule has 3 atom stereocenters. The summed E-state index contributed by atoms with van der Waals surface area (Å²) in [6.45, 7) is 7.27. The molecule has 2 aromatic rings. The molecule has 2 amide bonds. The van der Waals surface area contributed by atoms with Gasteiger partial charge in [0.25, 0.3) is 5.91 Å². The van der Waals surface area contributed by atoms with Crippen LogP contribution in [-0.2, 0) is 4.79 Å². The van der Waals surface area contributed by atoms with E-state index in [4.69, 9.17) is 4.74 Å². The van der Waals surface area contributed by atoms with Crippen LogP contribution in [0.2, 0.25) is 0 Å². The van der Waals surface area contributed by atoms with E-state index in [9.17, 15) is 9.59 Å². The number of carbonyl (C=O) groups is 2. The number of amides is 2. The summed E-state index contributed by atoms with van der Waals surface area (Å²) in [6, 6.07) is 14.6. The Hall–Kier alpha value is -2.86. The number of hydrogen-bond acceptors (Lipinski definition) is 4. The quantitative estimate of drug-likeness (QED) is 0.575. The first-order valence-corrected chi connectivity index (χ1v) is 11.1. The molecule has 2 aromatic carbocycles. The van der Waals surface area contributed by atoms with Crippen molar-refractivity contribution in [3.8, 4) is 5.75 Å². The van der Waals surface area contributed by atoms with E-state index in [-0.39, 0.29) is 18.4 Å². The second kappa shape index (κ2) is 11.0. The first-order valence-electron chi connectivity index (χ1n) is 11.1. The average molecular weight is 424 g/mol. The minimum atomic E-state index is -0.275. The third kappa shape index (κ3) is 6.31. The summed E-state index contributed by atoms with van der Waals surface area (Å²) in [7, 11) is 0. The molecule has 0 unspecified atom stereocenters. The standard InChI is InChI=1S/C25H33N3O3/c1-4-31-20-14-12-19(13-15-20)27-25(30)21-9-5-6-10-23(21)28-24(29)16-26-22-11-7-8-17(2)18(22)3/h5-6,9-10,12-15,17-18,22,26H,4,7-8,11,16H2,1-3H3,(H,27,30)(H,28,29)/t17-,18+,22-/m0/s1. The van der Waals surface area contributed by atoms with Gasteiger partial charge in [-0.3, -0.25) is 9.59 Å². The van der Waals surface area contributed by atoms with Gasteiger partial charge in [0.05, 0.1) is 24.4 Å². The Labute approximate surface area is 184 Å². The minimum absolute atomic E-state index is 0.147. The van der Waals surface area contributed by atoms with Crippen molar-refractivity contribution in [2.45, 2.75) is 46.1 Å². The van der Waals surface area contributed by atoms with Crippen molar-refractivity contribution in [1.82, 2.24) is 5.32 Å². The van der Waals surface area contributed by atoms with Crippen molar-refractivity contribution in [3.05, 3.63) is 54.1 Å². The van der Waals surface area contributed by atoms with Gasteiger partial charge in [-0.15, -0.1) is 0 Å². The summed E-state index contributed by atoms with van der Waals surface area (Å²) in [5.74, 6) is 1.55. The molecule has 0 spiro atoms. The number of anilines is 2. The molecule has 0 saturated heterocycles. The van der Waals surface area contributed by atoms with E-state index in [2.05, 4.69) is 29.8 Å². The van der Waals surface area contributed by atoms with Crippen LogP contribution >= 0.6 is 0 Å². The highest BCUT2D eigenvalue weighted by Crippen LogP contribution is 2.29. The van der Waals surface area contributed by atoms with Crippen LogP contribution in [0.5, 0.6) is 5.75 Å². The molecule has 0 bridgehead atoms. The van der Waals surface area contributed by atoms with E-state index in [0.717, 1.165) is 12.2 Å². The summed E-state index contributed by atoms with van der Waals surface area (Å²) < 4.78 is 5.43. The Morgan fingerprint density at radius 1 is 1.00 bits per heavy atom. The third-order valence-corrected chi connectivity index (χ3v) is 6.10. The molecule has 166 valence electrons. The molecule has 6 nitrogen and oxygen atoms in total. The molecule has 1 aliphatic rings. The maximum absolute atomic E-state index is 12.8. The molecule has 0 heterocycles. The topological polar surface area (TPSA) is 79.5 Å². The molecule has 3 rings (SSSR count). The molecule has 1 fully saturated rings. The van der Waals surface area contributed by atoms with Crippen LogP contribution in [0.4, 0.5) is 11.4 Å². The first-order chi connectivity index (χ1) is 15.0. The second-order valence-electron chi connectivity index (χ2n) is 8.26. The van der Waals surface area contributed by atoms with E-state index in [1.54, 1.807) is 30.3 Å². The molecule has 3 N–H and O–H groups in total. The van der Waals surface area contributed by atoms with Crippen molar-refractivity contribution in [2.24, 2.45) is 11.8 Å². The highest BCUT2D eigenvalue weighted by Gasteiger charge is 2.27. The summed E-state index contributed by atoms with van der Waals surface area (Å²) in [6.07, 6.45) is 3.54. The largest absolute Gasteiger partial charge is 0.494 e. The Morgan fingerprint density at radius 3 is 2.48 bits per heavy atom. The van der Waals surface area contributed by atoms with Gasteiger partial charge in [-0.05, 0) is 61.6 Å². The predicted molar refractivity (Wildman–Crippen MR) is 125 cm³/mol. The van der Waals surface area contributed by atoms with Crippen LogP contribution in [0.3, 0.4) is 0 Å². The van der Waals surface area contributed by atoms with Gasteiger partial charge in [0.1, 0.15) is 5.75 Å². The zero-order valence-corrected chi connectivity index (χ0v) is 18.6. The first kappa shape index (κ1) is 22.8. The second-order valence-corrected chi connectivity index (χ2v) is 8.26. The Bertz CT molecular complexity index is 882. The van der Waals surface area contributed by atoms with Gasteiger partial charge in [-0.2, -0.15) is 0 Å². The molecule has 0 aromatic heterocycles. The van der Waals surface area contributed by atoms with Crippen LogP contribution in [0.15, 0.2) is 48.5 Å². The number of rotatable bonds is 8. The van der Waals surface area contributed by atoms with Gasteiger partial charge in [-0.25, -0.2) is 0 Å². The lowest BCUT2D eigenvalue weighted by molar-refractivity contribution is -0.115. The fourth-order valence-corrected chi connectivity index (χ4v) is 4.08. The van der Waals surface area contributed by atoms with Crippen molar-refractivity contribution in [2.75, 3.05) is 23.8 Å². The highest BCUT2D eigenvalue weighted by molar-refractivity contribution is 6.10. The van der Waals surface area contributed by atoms with Crippen molar-refractivity contribution in [3.63, 3.8) is 0 Å². The molecule has 1 saturated carbocycles. The molecule has 31 heavy (non-hydrogen) atoms. The number of benzene rings is 2. The van der Waals surface area contributed by atoms with E-state index < -0.39 is 0 Å². The number of para-hydroxylation sites is 1. The van der Waals surface area contributed by atoms with Gasteiger partial charge >= 0.3 is 0 Å². The van der Waals surface area contributed by atoms with Crippen LogP contribution in [-0.4, -0.2) is 31.0 Å². The average Bonchev–Trinajstić information content (AvgIpc) is 2.76. The summed E-state index contributed by atoms with van der Waals surface area (Å²) >= 11 is 0. The van der Waals surface area contributed by atoms with Gasteiger partial charge in [0.15, 0.2) is 0 Å². The molecule has 1 aliphatic carbocycles. The monoisotopic (exact) mass is 423 g/mol. The SMILES string of the molecule is CCOc1ccc(NC(=O)c2ccccc2NC(=O)CN[C@H]2CCC[C@H](C)[C@H]2C)cc1. The van der Waals surface area contributed by atoms with Gasteiger partial charge in [0.2, 0.25) is 5.91 Å². The molecule has 0 radical (unpaired) electrons. The maximum Gasteiger partial charge on any atom is 0.257 e. The van der Waals surface area contributed by atoms with E-state index in [1.807, 2.05) is 25.1 Å². The summed E-state index contributed by atoms with van der Waals surface area (Å²) in [5, 5.41) is 9.16. The Morgan fingerprint density at radius 2 is 1.74 bits per heavy atom. The number of ether oxygens (including phenoxy) is 1. The lowest BCUT2D eigenvalue weighted by Crippen LogP contribution is -2.43. The molecule has 6 heteroatoms. The summed E-state index contributed by atoms with van der Waals surface area (Å²) in [5.41, 5.74) is 1.59. The van der Waals surface area contributed by atoms with Crippen LogP contribution in [0.25, 0.3) is 0 Å². The predicted octanol–water partition coefficient (Wildman–Crippen LogP) is 4.69. The van der Waals surface area contributed by atoms with E-state index in [0.29, 0.717) is 41.4 Å². The highest BCUT2D eigenvalue weighted by atomic mass is 16.5. The zero-order chi connectivity index (χ0) is 22.2. The van der Waals surface area contributed by atoms with E-state index in [1.165, 1.54) is 12.8 Å². The smallest absolute Gasteiger partial charge is 0.257 e. The van der Waals surface area contributed by atoms with Crippen molar-refractivity contribution < 1.29 is 14.3 Å². The number of hydrogen-bond donors (Lipinski definition) is 3. The summed E-state index contributed by atoms with van der Waals surface area (Å²) in [4.78, 5) is 25.4. The normalized spacial score (nSPS) is 20.7. The molecule has 0 aliphatic heterocycles. The fourth-order valence-electron chi connectivity index (χ4n) is 4.08. The number of carbonyl (C=O) groups excluding carboxylic acids is 2. The lowest BCUT2D eigenvalue weighted by atomic mass is 9.78. The van der Waals surface area contributed by atoms with Crippen LogP contribution < -0.4 is 20.7 Å². The van der Waals surface area contributed by atoms with Gasteiger partial charge in [-0.1, -0.05) is 38.8 Å². The third-order valence-electron chi connectivity index (χ3n) is 6.10. The van der Waals surface area contributed by atoms with Crippen LogP contribution in [0, 0.1) is 11.8 Å². The fraction of sp³-hybridized carbons (Fsp3) is 0.440. The lowest BCUT2D eigenvalue weighted by Gasteiger charge is -2.34. The number of nitrogens with one attached hydrogen (secondary N) is 3. The minimum Gasteiger partial charge on any atom is -0.494 e. The van der Waals surface area contributed by atoms with Gasteiger partial charge < -0.3 is 20.7 Å². The van der Waals surface area contributed by atoms with Crippen molar-refractivity contribution in [1.29, 1.82) is 0 Å². The molecular formula is C25H33N3O3. The van der Waals surface area contributed by atoms with E-state index >= 15 is 0 Å². The zero-order valence-electron chi connectivity index (χ0n) is 18.6. The van der Waals surface area contributed by atoms with Crippen molar-refractivity contribution >= 4 is 23.2 Å². The Balaban J connectivity index is 1.59. The molecular weight excluding hydrogens is 390 g/mol. The van der Waals surface area contributed by atoms with Crippen LogP contribution in [0.1, 0.15) is 50.4 Å².